The number of furan rings is 1. The number of benzene rings is 2. The predicted molar refractivity (Wildman–Crippen MR) is 104 cm³/mol. The molecule has 31 heavy (non-hydrogen) atoms. The Morgan fingerprint density at radius 3 is 2.68 bits per heavy atom. The Bertz CT molecular complexity index is 1400. The zero-order valence-corrected chi connectivity index (χ0v) is 15.6. The van der Waals surface area contributed by atoms with Crippen molar-refractivity contribution in [2.45, 2.75) is 12.7 Å². The Hall–Kier alpha value is -4.15. The third-order valence-corrected chi connectivity index (χ3v) is 4.77. The van der Waals surface area contributed by atoms with Crippen LogP contribution >= 0.6 is 0 Å². The van der Waals surface area contributed by atoms with Crippen LogP contribution in [-0.4, -0.2) is 30.9 Å². The maximum absolute atomic E-state index is 13.1. The van der Waals surface area contributed by atoms with E-state index in [1.807, 2.05) is 0 Å². The molecule has 0 aliphatic heterocycles. The van der Waals surface area contributed by atoms with Gasteiger partial charge in [-0.3, -0.25) is 10.1 Å². The number of rotatable bonds is 4. The first kappa shape index (κ1) is 18.9. The molecule has 156 valence electrons. The number of nitrogens with zero attached hydrogens (tertiary/aromatic N) is 4. The second-order valence-corrected chi connectivity index (χ2v) is 6.78. The number of halogens is 3. The van der Waals surface area contributed by atoms with Gasteiger partial charge in [-0.2, -0.15) is 28.6 Å². The lowest BCUT2D eigenvalue weighted by molar-refractivity contribution is -0.137. The highest BCUT2D eigenvalue weighted by Crippen LogP contribution is 2.32. The van der Waals surface area contributed by atoms with Gasteiger partial charge in [-0.05, 0) is 48.5 Å². The molecule has 5 rings (SSSR count). The van der Waals surface area contributed by atoms with E-state index in [1.54, 1.807) is 34.9 Å². The van der Waals surface area contributed by atoms with Crippen LogP contribution in [0.4, 0.5) is 19.1 Å². The van der Waals surface area contributed by atoms with E-state index in [-0.39, 0.29) is 18.0 Å². The summed E-state index contributed by atoms with van der Waals surface area (Å²) in [6.07, 6.45) is -3.02. The van der Waals surface area contributed by atoms with Gasteiger partial charge < -0.3 is 8.98 Å². The second kappa shape index (κ2) is 6.97. The maximum atomic E-state index is 13.1. The first-order chi connectivity index (χ1) is 14.9. The monoisotopic (exact) mass is 426 g/mol. The minimum atomic E-state index is -4.50. The third-order valence-electron chi connectivity index (χ3n) is 4.77. The lowest BCUT2D eigenvalue weighted by atomic mass is 10.2. The summed E-state index contributed by atoms with van der Waals surface area (Å²) in [4.78, 5) is 17.1. The van der Waals surface area contributed by atoms with Crippen LogP contribution in [0, 0.1) is 0 Å². The fraction of sp³-hybridized carbons (Fsp3) is 0.100. The molecule has 0 saturated carbocycles. The highest BCUT2D eigenvalue weighted by molar-refractivity contribution is 6.05. The molecule has 0 spiro atoms. The number of H-pyrrole nitrogens is 1. The molecule has 2 aromatic carbocycles. The van der Waals surface area contributed by atoms with Crippen LogP contribution in [0.15, 0.2) is 59.2 Å². The Morgan fingerprint density at radius 2 is 1.90 bits per heavy atom. The van der Waals surface area contributed by atoms with E-state index in [0.717, 1.165) is 12.1 Å². The van der Waals surface area contributed by atoms with E-state index >= 15 is 0 Å². The number of alkyl halides is 3. The Labute approximate surface area is 171 Å². The standard InChI is InChI=1S/C20H13F3N6O2/c21-20(22,23)12-4-6-17-16(9-12)24-19(29(17)10-13-2-1-7-31-13)25-18(30)11-3-5-14-15(8-11)27-28-26-14/h1-9H,10H2,(H,24,25,30)(H,26,27,28). The topological polar surface area (TPSA) is 102 Å². The summed E-state index contributed by atoms with van der Waals surface area (Å²) in [5.74, 6) is 0.159. The fourth-order valence-electron chi connectivity index (χ4n) is 3.28. The van der Waals surface area contributed by atoms with Gasteiger partial charge in [0.15, 0.2) is 0 Å². The average molecular weight is 426 g/mol. The number of aromatic nitrogens is 5. The van der Waals surface area contributed by atoms with E-state index in [1.165, 1.54) is 12.3 Å². The summed E-state index contributed by atoms with van der Waals surface area (Å²) in [5.41, 5.74) is 1.11. The van der Waals surface area contributed by atoms with Gasteiger partial charge in [0.1, 0.15) is 16.8 Å². The van der Waals surface area contributed by atoms with Gasteiger partial charge in [0, 0.05) is 5.56 Å². The van der Waals surface area contributed by atoms with Crippen molar-refractivity contribution in [2.24, 2.45) is 0 Å². The lowest BCUT2D eigenvalue weighted by Crippen LogP contribution is -2.16. The summed E-state index contributed by atoms with van der Waals surface area (Å²) >= 11 is 0. The minimum absolute atomic E-state index is 0.0935. The maximum Gasteiger partial charge on any atom is 0.416 e. The van der Waals surface area contributed by atoms with E-state index < -0.39 is 17.6 Å². The van der Waals surface area contributed by atoms with Crippen LogP contribution in [0.25, 0.3) is 22.1 Å². The summed E-state index contributed by atoms with van der Waals surface area (Å²) in [6.45, 7) is 0.173. The number of carbonyl (C=O) groups excluding carboxylic acids is 1. The number of amides is 1. The van der Waals surface area contributed by atoms with Gasteiger partial charge >= 0.3 is 6.18 Å². The van der Waals surface area contributed by atoms with Gasteiger partial charge in [-0.25, -0.2) is 4.98 Å². The van der Waals surface area contributed by atoms with E-state index in [9.17, 15) is 18.0 Å². The smallest absolute Gasteiger partial charge is 0.416 e. The van der Waals surface area contributed by atoms with Gasteiger partial charge in [0.25, 0.3) is 5.91 Å². The molecule has 11 heteroatoms. The molecule has 5 aromatic rings. The van der Waals surface area contributed by atoms with Crippen molar-refractivity contribution >= 4 is 33.9 Å². The van der Waals surface area contributed by atoms with Gasteiger partial charge in [0.2, 0.25) is 5.95 Å². The van der Waals surface area contributed by atoms with Gasteiger partial charge in [-0.15, -0.1) is 0 Å². The number of hydrogen-bond donors (Lipinski definition) is 2. The fourth-order valence-corrected chi connectivity index (χ4v) is 3.28. The normalized spacial score (nSPS) is 12.0. The Kier molecular flexibility index (Phi) is 4.24. The molecule has 0 unspecified atom stereocenters. The van der Waals surface area contributed by atoms with Crippen molar-refractivity contribution in [1.29, 1.82) is 0 Å². The summed E-state index contributed by atoms with van der Waals surface area (Å²) in [7, 11) is 0. The number of imidazole rings is 1. The third kappa shape index (κ3) is 3.50. The highest BCUT2D eigenvalue weighted by atomic mass is 19.4. The van der Waals surface area contributed by atoms with Crippen LogP contribution in [0.2, 0.25) is 0 Å². The molecule has 3 heterocycles. The summed E-state index contributed by atoms with van der Waals surface area (Å²) in [6, 6.07) is 11.4. The van der Waals surface area contributed by atoms with Crippen LogP contribution in [0.3, 0.4) is 0 Å². The number of fused-ring (bicyclic) bond motifs is 2. The Balaban J connectivity index is 1.55. The minimum Gasteiger partial charge on any atom is -0.467 e. The molecule has 0 aliphatic rings. The molecule has 0 radical (unpaired) electrons. The second-order valence-electron chi connectivity index (χ2n) is 6.78. The van der Waals surface area contributed by atoms with Crippen molar-refractivity contribution in [2.75, 3.05) is 5.32 Å². The molecule has 0 bridgehead atoms. The number of hydrogen-bond acceptors (Lipinski definition) is 5. The molecule has 2 N–H and O–H groups in total. The lowest BCUT2D eigenvalue weighted by Gasteiger charge is -2.09. The molecule has 3 aromatic heterocycles. The predicted octanol–water partition coefficient (Wildman–Crippen LogP) is 4.22. The number of aromatic amines is 1. The number of nitrogens with one attached hydrogen (secondary N) is 2. The zero-order chi connectivity index (χ0) is 21.6. The van der Waals surface area contributed by atoms with Gasteiger partial charge in [0.05, 0.1) is 29.4 Å². The van der Waals surface area contributed by atoms with E-state index in [4.69, 9.17) is 4.42 Å². The Morgan fingerprint density at radius 1 is 1.06 bits per heavy atom. The van der Waals surface area contributed by atoms with Crippen molar-refractivity contribution in [3.05, 3.63) is 71.7 Å². The first-order valence-corrected chi connectivity index (χ1v) is 9.10. The van der Waals surface area contributed by atoms with Crippen LogP contribution in [-0.2, 0) is 12.7 Å². The molecule has 1 amide bonds. The number of carbonyl (C=O) groups is 1. The zero-order valence-electron chi connectivity index (χ0n) is 15.6. The van der Waals surface area contributed by atoms with Gasteiger partial charge in [-0.1, -0.05) is 0 Å². The highest BCUT2D eigenvalue weighted by Gasteiger charge is 2.31. The van der Waals surface area contributed by atoms with E-state index in [2.05, 4.69) is 25.7 Å². The quantitative estimate of drug-likeness (QED) is 0.448. The summed E-state index contributed by atoms with van der Waals surface area (Å²) in [5, 5.41) is 13.0. The number of anilines is 1. The first-order valence-electron chi connectivity index (χ1n) is 9.10. The molecule has 8 nitrogen and oxygen atoms in total. The van der Waals surface area contributed by atoms with Crippen molar-refractivity contribution in [1.82, 2.24) is 25.0 Å². The molecule has 0 atom stereocenters. The molecular formula is C20H13F3N6O2. The van der Waals surface area contributed by atoms with Crippen molar-refractivity contribution in [3.8, 4) is 0 Å². The molecule has 0 fully saturated rings. The largest absolute Gasteiger partial charge is 0.467 e. The SMILES string of the molecule is O=C(Nc1nc2cc(C(F)(F)F)ccc2n1Cc1ccco1)c1ccc2n[nH]nc2c1. The molecular weight excluding hydrogens is 413 g/mol. The summed E-state index contributed by atoms with van der Waals surface area (Å²) < 4.78 is 46.3. The van der Waals surface area contributed by atoms with Crippen molar-refractivity contribution < 1.29 is 22.4 Å². The van der Waals surface area contributed by atoms with Crippen LogP contribution < -0.4 is 5.32 Å². The molecule has 0 aliphatic carbocycles. The molecule has 0 saturated heterocycles. The van der Waals surface area contributed by atoms with Crippen LogP contribution in [0.5, 0.6) is 0 Å². The van der Waals surface area contributed by atoms with Crippen LogP contribution in [0.1, 0.15) is 21.7 Å². The van der Waals surface area contributed by atoms with Crippen molar-refractivity contribution in [3.63, 3.8) is 0 Å². The average Bonchev–Trinajstić information content (AvgIpc) is 3.47. The van der Waals surface area contributed by atoms with E-state index in [0.29, 0.717) is 27.9 Å².